The second-order valence-electron chi connectivity index (χ2n) is 8.31. The molecular formula is C24H30N2O3S. The highest BCUT2D eigenvalue weighted by atomic mass is 32.2. The summed E-state index contributed by atoms with van der Waals surface area (Å²) in [6.45, 7) is 3.21. The number of hydrogen-bond acceptors (Lipinski definition) is 3. The van der Waals surface area contributed by atoms with Crippen molar-refractivity contribution in [3.05, 3.63) is 64.7 Å². The minimum absolute atomic E-state index is 0.0577. The number of sulfonamides is 1. The first-order chi connectivity index (χ1) is 14.5. The lowest BCUT2D eigenvalue weighted by Gasteiger charge is -2.22. The van der Waals surface area contributed by atoms with Gasteiger partial charge in [0, 0.05) is 18.7 Å². The van der Waals surface area contributed by atoms with Gasteiger partial charge >= 0.3 is 0 Å². The Labute approximate surface area is 179 Å². The fourth-order valence-electron chi connectivity index (χ4n) is 4.49. The molecule has 30 heavy (non-hydrogen) atoms. The number of amides is 1. The van der Waals surface area contributed by atoms with Crippen LogP contribution in [0.15, 0.2) is 47.4 Å². The molecule has 2 aromatic carbocycles. The molecule has 4 rings (SSSR count). The number of fused-ring (bicyclic) bond motifs is 1. The van der Waals surface area contributed by atoms with Crippen LogP contribution in [-0.4, -0.2) is 31.7 Å². The second-order valence-corrected chi connectivity index (χ2v) is 10.2. The van der Waals surface area contributed by atoms with E-state index in [1.807, 2.05) is 0 Å². The van der Waals surface area contributed by atoms with Crippen molar-refractivity contribution >= 4 is 15.9 Å². The van der Waals surface area contributed by atoms with Crippen molar-refractivity contribution in [2.45, 2.75) is 62.8 Å². The summed E-state index contributed by atoms with van der Waals surface area (Å²) in [5.74, 6) is -0.176. The van der Waals surface area contributed by atoms with Crippen molar-refractivity contribution in [1.82, 2.24) is 9.62 Å². The molecule has 5 nitrogen and oxygen atoms in total. The van der Waals surface area contributed by atoms with E-state index in [2.05, 4.69) is 30.4 Å². The number of nitrogens with zero attached hydrogens (tertiary/aromatic N) is 1. The molecule has 1 aliphatic carbocycles. The molecule has 160 valence electrons. The van der Waals surface area contributed by atoms with Crippen molar-refractivity contribution in [1.29, 1.82) is 0 Å². The highest BCUT2D eigenvalue weighted by molar-refractivity contribution is 7.89. The van der Waals surface area contributed by atoms with Crippen molar-refractivity contribution in [2.24, 2.45) is 0 Å². The standard InChI is InChI=1S/C24H30N2O3S/c1-2-23(21-10-9-18-7-3-4-8-20(18)17-21)25-24(27)19-11-13-22(14-12-19)30(28,29)26-15-5-6-16-26/h9-14,17,23H,2-8,15-16H2,1H3,(H,25,27)/t23-/m0/s1. The molecule has 2 aromatic rings. The van der Waals surface area contributed by atoms with Crippen LogP contribution in [0.25, 0.3) is 0 Å². The molecule has 0 bridgehead atoms. The number of carbonyl (C=O) groups excluding carboxylic acids is 1. The van der Waals surface area contributed by atoms with Crippen LogP contribution in [-0.2, 0) is 22.9 Å². The fraction of sp³-hybridized carbons (Fsp3) is 0.458. The molecule has 1 fully saturated rings. The largest absolute Gasteiger partial charge is 0.345 e. The smallest absolute Gasteiger partial charge is 0.251 e. The average Bonchev–Trinajstić information content (AvgIpc) is 3.33. The molecule has 1 aliphatic heterocycles. The molecule has 0 unspecified atom stereocenters. The summed E-state index contributed by atoms with van der Waals surface area (Å²) in [6, 6.07) is 12.8. The van der Waals surface area contributed by atoms with E-state index < -0.39 is 10.0 Å². The fourth-order valence-corrected chi connectivity index (χ4v) is 6.01. The van der Waals surface area contributed by atoms with Gasteiger partial charge in [-0.2, -0.15) is 4.31 Å². The van der Waals surface area contributed by atoms with Crippen LogP contribution in [0.1, 0.15) is 72.1 Å². The first kappa shape index (κ1) is 21.1. The summed E-state index contributed by atoms with van der Waals surface area (Å²) in [4.78, 5) is 13.1. The maximum atomic E-state index is 12.8. The summed E-state index contributed by atoms with van der Waals surface area (Å²) < 4.78 is 26.9. The van der Waals surface area contributed by atoms with Gasteiger partial charge in [-0.05, 0) is 85.9 Å². The predicted molar refractivity (Wildman–Crippen MR) is 118 cm³/mol. The number of benzene rings is 2. The van der Waals surface area contributed by atoms with E-state index in [1.54, 1.807) is 24.3 Å². The first-order valence-electron chi connectivity index (χ1n) is 11.0. The quantitative estimate of drug-likeness (QED) is 0.752. The van der Waals surface area contributed by atoms with Gasteiger partial charge in [-0.15, -0.1) is 0 Å². The Bertz CT molecular complexity index is 1010. The lowest BCUT2D eigenvalue weighted by atomic mass is 9.88. The van der Waals surface area contributed by atoms with Crippen molar-refractivity contribution in [3.8, 4) is 0 Å². The summed E-state index contributed by atoms with van der Waals surface area (Å²) in [6.07, 6.45) is 7.34. The molecule has 1 atom stereocenters. The molecule has 2 aliphatic rings. The van der Waals surface area contributed by atoms with E-state index in [-0.39, 0.29) is 16.8 Å². The molecular weight excluding hydrogens is 396 g/mol. The van der Waals surface area contributed by atoms with Crippen LogP contribution in [0.5, 0.6) is 0 Å². The Hall–Kier alpha value is -2.18. The first-order valence-corrected chi connectivity index (χ1v) is 12.5. The van der Waals surface area contributed by atoms with Gasteiger partial charge in [-0.25, -0.2) is 8.42 Å². The third kappa shape index (κ3) is 4.30. The maximum absolute atomic E-state index is 12.8. The summed E-state index contributed by atoms with van der Waals surface area (Å²) in [7, 11) is -3.46. The summed E-state index contributed by atoms with van der Waals surface area (Å²) in [5, 5.41) is 3.12. The van der Waals surface area contributed by atoms with Crippen molar-refractivity contribution < 1.29 is 13.2 Å². The Morgan fingerprint density at radius 2 is 1.63 bits per heavy atom. The van der Waals surface area contributed by atoms with Gasteiger partial charge in [0.1, 0.15) is 0 Å². The third-order valence-corrected chi connectivity index (χ3v) is 8.22. The number of carbonyl (C=O) groups is 1. The highest BCUT2D eigenvalue weighted by Crippen LogP contribution is 2.26. The minimum Gasteiger partial charge on any atom is -0.345 e. The zero-order valence-electron chi connectivity index (χ0n) is 17.6. The third-order valence-electron chi connectivity index (χ3n) is 6.31. The molecule has 6 heteroatoms. The molecule has 0 spiro atoms. The molecule has 0 aromatic heterocycles. The predicted octanol–water partition coefficient (Wildman–Crippen LogP) is 4.23. The zero-order chi connectivity index (χ0) is 21.1. The van der Waals surface area contributed by atoms with Gasteiger partial charge < -0.3 is 5.32 Å². The molecule has 1 heterocycles. The van der Waals surface area contributed by atoms with Crippen molar-refractivity contribution in [2.75, 3.05) is 13.1 Å². The lowest BCUT2D eigenvalue weighted by molar-refractivity contribution is 0.0935. The molecule has 0 radical (unpaired) electrons. The SMILES string of the molecule is CC[C@H](NC(=O)c1ccc(S(=O)(=O)N2CCCC2)cc1)c1ccc2c(c1)CCCC2. The highest BCUT2D eigenvalue weighted by Gasteiger charge is 2.27. The monoisotopic (exact) mass is 426 g/mol. The molecule has 0 saturated carbocycles. The molecule has 1 N–H and O–H groups in total. The van der Waals surface area contributed by atoms with Crippen LogP contribution in [0, 0.1) is 0 Å². The van der Waals surface area contributed by atoms with Crippen LogP contribution in [0.4, 0.5) is 0 Å². The number of aryl methyl sites for hydroxylation is 2. The molecule has 1 saturated heterocycles. The van der Waals surface area contributed by atoms with E-state index in [9.17, 15) is 13.2 Å². The van der Waals surface area contributed by atoms with Gasteiger partial charge in [0.15, 0.2) is 0 Å². The van der Waals surface area contributed by atoms with Gasteiger partial charge in [-0.1, -0.05) is 25.1 Å². The van der Waals surface area contributed by atoms with Gasteiger partial charge in [0.2, 0.25) is 10.0 Å². The number of nitrogens with one attached hydrogen (secondary N) is 1. The van der Waals surface area contributed by atoms with E-state index in [1.165, 1.54) is 28.3 Å². The Kier molecular flexibility index (Phi) is 6.25. The zero-order valence-corrected chi connectivity index (χ0v) is 18.4. The van der Waals surface area contributed by atoms with Crippen molar-refractivity contribution in [3.63, 3.8) is 0 Å². The average molecular weight is 427 g/mol. The molecule has 1 amide bonds. The topological polar surface area (TPSA) is 66.5 Å². The van der Waals surface area contributed by atoms with E-state index >= 15 is 0 Å². The maximum Gasteiger partial charge on any atom is 0.251 e. The van der Waals surface area contributed by atoms with Gasteiger partial charge in [-0.3, -0.25) is 4.79 Å². The lowest BCUT2D eigenvalue weighted by Crippen LogP contribution is -2.29. The van der Waals surface area contributed by atoms with E-state index in [0.29, 0.717) is 18.7 Å². The van der Waals surface area contributed by atoms with Gasteiger partial charge in [0.05, 0.1) is 10.9 Å². The Morgan fingerprint density at radius 1 is 0.967 bits per heavy atom. The van der Waals surface area contributed by atoms with Gasteiger partial charge in [0.25, 0.3) is 5.91 Å². The second kappa shape index (κ2) is 8.90. The van der Waals surface area contributed by atoms with Crippen LogP contribution < -0.4 is 5.32 Å². The Balaban J connectivity index is 1.47. The van der Waals surface area contributed by atoms with Crippen LogP contribution in [0.2, 0.25) is 0 Å². The van der Waals surface area contributed by atoms with E-state index in [0.717, 1.165) is 37.7 Å². The summed E-state index contributed by atoms with van der Waals surface area (Å²) in [5.41, 5.74) is 4.45. The number of rotatable bonds is 6. The normalized spacial score (nSPS) is 18.0. The number of hydrogen-bond donors (Lipinski definition) is 1. The van der Waals surface area contributed by atoms with E-state index in [4.69, 9.17) is 0 Å². The Morgan fingerprint density at radius 3 is 2.30 bits per heavy atom. The minimum atomic E-state index is -3.46. The van der Waals surface area contributed by atoms with Crippen LogP contribution in [0.3, 0.4) is 0 Å². The van der Waals surface area contributed by atoms with Crippen LogP contribution >= 0.6 is 0 Å². The summed E-state index contributed by atoms with van der Waals surface area (Å²) >= 11 is 0.